The van der Waals surface area contributed by atoms with E-state index in [1.807, 2.05) is 24.3 Å². The van der Waals surface area contributed by atoms with Gasteiger partial charge in [-0.25, -0.2) is 4.79 Å². The van der Waals surface area contributed by atoms with Crippen LogP contribution in [0.25, 0.3) is 0 Å². The first-order chi connectivity index (χ1) is 15.0. The average molecular weight is 426 g/mol. The summed E-state index contributed by atoms with van der Waals surface area (Å²) in [6.07, 6.45) is 4.58. The summed E-state index contributed by atoms with van der Waals surface area (Å²) in [6, 6.07) is 16.3. The van der Waals surface area contributed by atoms with Gasteiger partial charge in [-0.1, -0.05) is 56.7 Å². The first kappa shape index (κ1) is 23.0. The van der Waals surface area contributed by atoms with Crippen molar-refractivity contribution in [1.82, 2.24) is 5.32 Å². The van der Waals surface area contributed by atoms with Gasteiger partial charge in [-0.2, -0.15) is 0 Å². The van der Waals surface area contributed by atoms with Gasteiger partial charge in [0.25, 0.3) is 0 Å². The molecule has 5 nitrogen and oxygen atoms in total. The second-order valence-corrected chi connectivity index (χ2v) is 8.79. The van der Waals surface area contributed by atoms with Crippen LogP contribution in [-0.4, -0.2) is 33.0 Å². The Labute approximate surface area is 186 Å². The van der Waals surface area contributed by atoms with Gasteiger partial charge in [-0.05, 0) is 54.4 Å². The summed E-state index contributed by atoms with van der Waals surface area (Å²) in [5.41, 5.74) is 2.31. The van der Waals surface area contributed by atoms with Crippen molar-refractivity contribution in [2.45, 2.75) is 57.5 Å². The fraction of sp³-hybridized carbons (Fsp3) is 0.500. The molecule has 31 heavy (non-hydrogen) atoms. The van der Waals surface area contributed by atoms with Gasteiger partial charge >= 0.3 is 6.09 Å². The van der Waals surface area contributed by atoms with Crippen molar-refractivity contribution in [3.05, 3.63) is 59.7 Å². The minimum Gasteiger partial charge on any atom is -0.493 e. The Hall–Kier alpha value is -2.69. The van der Waals surface area contributed by atoms with Gasteiger partial charge in [-0.3, -0.25) is 0 Å². The van der Waals surface area contributed by atoms with Crippen molar-refractivity contribution in [2.24, 2.45) is 5.92 Å². The second-order valence-electron chi connectivity index (χ2n) is 8.79. The molecule has 1 aliphatic rings. The molecule has 2 aromatic rings. The number of nitrogens with one attached hydrogen (secondary N) is 1. The topological polar surface area (TPSA) is 56.8 Å². The summed E-state index contributed by atoms with van der Waals surface area (Å²) in [7, 11) is 3.24. The van der Waals surface area contributed by atoms with Gasteiger partial charge in [0.1, 0.15) is 6.10 Å². The highest BCUT2D eigenvalue weighted by molar-refractivity contribution is 5.67. The van der Waals surface area contributed by atoms with E-state index in [1.165, 1.54) is 12.0 Å². The Kier molecular flexibility index (Phi) is 7.83. The monoisotopic (exact) mass is 425 g/mol. The van der Waals surface area contributed by atoms with Crippen LogP contribution < -0.4 is 14.8 Å². The molecule has 2 aromatic carbocycles. The first-order valence-corrected chi connectivity index (χ1v) is 11.2. The highest BCUT2D eigenvalue weighted by atomic mass is 16.6. The molecule has 1 fully saturated rings. The summed E-state index contributed by atoms with van der Waals surface area (Å²) in [6.45, 7) is 5.04. The first-order valence-electron chi connectivity index (χ1n) is 11.2. The van der Waals surface area contributed by atoms with Crippen molar-refractivity contribution >= 4 is 6.09 Å². The summed E-state index contributed by atoms with van der Waals surface area (Å²) in [4.78, 5) is 12.6. The summed E-state index contributed by atoms with van der Waals surface area (Å²) >= 11 is 0. The largest absolute Gasteiger partial charge is 0.493 e. The van der Waals surface area contributed by atoms with Crippen LogP contribution in [0.15, 0.2) is 48.5 Å². The molecule has 0 aliphatic heterocycles. The van der Waals surface area contributed by atoms with E-state index < -0.39 is 0 Å². The fourth-order valence-corrected chi connectivity index (χ4v) is 4.67. The average Bonchev–Trinajstić information content (AvgIpc) is 2.79. The number of carbonyl (C=O) groups excluding carboxylic acids is 1. The molecule has 1 N–H and O–H groups in total. The van der Waals surface area contributed by atoms with E-state index in [1.54, 1.807) is 14.2 Å². The Morgan fingerprint density at radius 2 is 1.71 bits per heavy atom. The molecular formula is C26H35NO4. The van der Waals surface area contributed by atoms with Crippen molar-refractivity contribution in [3.8, 4) is 11.5 Å². The zero-order valence-corrected chi connectivity index (χ0v) is 19.1. The highest BCUT2D eigenvalue weighted by Gasteiger charge is 2.40. The van der Waals surface area contributed by atoms with Crippen molar-refractivity contribution in [1.29, 1.82) is 0 Å². The number of amides is 1. The molecule has 5 heteroatoms. The standard InChI is InChI=1S/C26H35NO4/c1-26(2,20-10-6-5-7-11-20)21-12-8-9-13-22(21)31-25(28)27-17-16-19-14-15-23(29-3)24(18-19)30-4/h5-7,10-11,14-15,18,21-22H,8-9,12-13,16-17H2,1-4H3,(H,27,28)/t21-,22-/m0/s1. The van der Waals surface area contributed by atoms with Gasteiger partial charge in [0.15, 0.2) is 11.5 Å². The number of hydrogen-bond donors (Lipinski definition) is 1. The number of ether oxygens (including phenoxy) is 3. The normalized spacial score (nSPS) is 18.8. The molecule has 0 radical (unpaired) electrons. The molecule has 168 valence electrons. The molecule has 0 unspecified atom stereocenters. The predicted molar refractivity (Wildman–Crippen MR) is 123 cm³/mol. The van der Waals surface area contributed by atoms with E-state index in [0.29, 0.717) is 30.4 Å². The third kappa shape index (κ3) is 5.72. The van der Waals surface area contributed by atoms with Crippen LogP contribution in [0, 0.1) is 5.92 Å². The van der Waals surface area contributed by atoms with Gasteiger partial charge in [0.2, 0.25) is 0 Å². The lowest BCUT2D eigenvalue weighted by molar-refractivity contribution is 0.0108. The van der Waals surface area contributed by atoms with Gasteiger partial charge in [-0.15, -0.1) is 0 Å². The zero-order chi connectivity index (χ0) is 22.3. The van der Waals surface area contributed by atoms with Gasteiger partial charge < -0.3 is 19.5 Å². The van der Waals surface area contributed by atoms with E-state index in [0.717, 1.165) is 24.8 Å². The maximum Gasteiger partial charge on any atom is 0.407 e. The number of rotatable bonds is 8. The quantitative estimate of drug-likeness (QED) is 0.606. The lowest BCUT2D eigenvalue weighted by Gasteiger charge is -2.42. The molecule has 0 aromatic heterocycles. The zero-order valence-electron chi connectivity index (χ0n) is 19.1. The SMILES string of the molecule is COc1ccc(CCNC(=O)O[C@H]2CCCC[C@@H]2C(C)(C)c2ccccc2)cc1OC. The van der Waals surface area contributed by atoms with E-state index in [2.05, 4.69) is 43.4 Å². The minimum atomic E-state index is -0.332. The molecular weight excluding hydrogens is 390 g/mol. The number of alkyl carbamates (subject to hydrolysis) is 1. The third-order valence-electron chi connectivity index (χ3n) is 6.54. The molecule has 1 aliphatic carbocycles. The smallest absolute Gasteiger partial charge is 0.407 e. The van der Waals surface area contributed by atoms with Crippen LogP contribution in [0.2, 0.25) is 0 Å². The van der Waals surface area contributed by atoms with Crippen molar-refractivity contribution in [3.63, 3.8) is 0 Å². The lowest BCUT2D eigenvalue weighted by atomic mass is 9.66. The number of hydrogen-bond acceptors (Lipinski definition) is 4. The summed E-state index contributed by atoms with van der Waals surface area (Å²) in [5.74, 6) is 1.69. The van der Waals surface area contributed by atoms with Crippen LogP contribution in [0.4, 0.5) is 4.79 Å². The fourth-order valence-electron chi connectivity index (χ4n) is 4.67. The summed E-state index contributed by atoms with van der Waals surface area (Å²) in [5, 5.41) is 2.92. The number of benzene rings is 2. The second kappa shape index (κ2) is 10.6. The third-order valence-corrected chi connectivity index (χ3v) is 6.54. The lowest BCUT2D eigenvalue weighted by Crippen LogP contribution is -2.43. The number of carbonyl (C=O) groups is 1. The predicted octanol–water partition coefficient (Wildman–Crippen LogP) is 5.51. The number of methoxy groups -OCH3 is 2. The van der Waals surface area contributed by atoms with Crippen LogP contribution in [0.3, 0.4) is 0 Å². The molecule has 3 rings (SSSR count). The van der Waals surface area contributed by atoms with Crippen LogP contribution in [0.5, 0.6) is 11.5 Å². The molecule has 0 spiro atoms. The molecule has 0 heterocycles. The molecule has 2 atom stereocenters. The Morgan fingerprint density at radius 3 is 2.42 bits per heavy atom. The van der Waals surface area contributed by atoms with Gasteiger partial charge in [0.05, 0.1) is 14.2 Å². The minimum absolute atomic E-state index is 0.0493. The summed E-state index contributed by atoms with van der Waals surface area (Å²) < 4.78 is 16.6. The Morgan fingerprint density at radius 1 is 1.00 bits per heavy atom. The molecule has 0 bridgehead atoms. The maximum absolute atomic E-state index is 12.6. The Balaban J connectivity index is 1.56. The van der Waals surface area contributed by atoms with Crippen LogP contribution >= 0.6 is 0 Å². The molecule has 1 amide bonds. The van der Waals surface area contributed by atoms with Crippen LogP contribution in [-0.2, 0) is 16.6 Å². The van der Waals surface area contributed by atoms with E-state index in [9.17, 15) is 4.79 Å². The van der Waals surface area contributed by atoms with Crippen molar-refractivity contribution in [2.75, 3.05) is 20.8 Å². The Bertz CT molecular complexity index is 850. The molecule has 0 saturated heterocycles. The van der Waals surface area contributed by atoms with Gasteiger partial charge in [0, 0.05) is 12.5 Å². The van der Waals surface area contributed by atoms with E-state index >= 15 is 0 Å². The van der Waals surface area contributed by atoms with E-state index in [-0.39, 0.29) is 17.6 Å². The molecule has 1 saturated carbocycles. The maximum atomic E-state index is 12.6. The highest BCUT2D eigenvalue weighted by Crippen LogP contribution is 2.42. The van der Waals surface area contributed by atoms with Crippen LogP contribution in [0.1, 0.15) is 50.7 Å². The van der Waals surface area contributed by atoms with E-state index in [4.69, 9.17) is 14.2 Å². The van der Waals surface area contributed by atoms with Crippen molar-refractivity contribution < 1.29 is 19.0 Å².